The second-order valence-corrected chi connectivity index (χ2v) is 5.42. The number of benzene rings is 3. The minimum absolute atomic E-state index is 0.691. The van der Waals surface area contributed by atoms with Gasteiger partial charge >= 0.3 is 0 Å². The van der Waals surface area contributed by atoms with E-state index in [1.165, 1.54) is 5.56 Å². The van der Waals surface area contributed by atoms with E-state index in [9.17, 15) is 0 Å². The van der Waals surface area contributed by atoms with Gasteiger partial charge in [-0.05, 0) is 48.9 Å². The Balaban J connectivity index is 1.70. The molecule has 0 radical (unpaired) electrons. The number of aryl methyl sites for hydroxylation is 1. The van der Waals surface area contributed by atoms with Crippen molar-refractivity contribution in [3.8, 4) is 17.2 Å². The van der Waals surface area contributed by atoms with Gasteiger partial charge in [0.2, 0.25) is 0 Å². The van der Waals surface area contributed by atoms with Gasteiger partial charge in [0, 0.05) is 6.21 Å². The van der Waals surface area contributed by atoms with Crippen LogP contribution in [0.3, 0.4) is 0 Å². The molecule has 3 rings (SSSR count). The fourth-order valence-corrected chi connectivity index (χ4v) is 2.23. The Kier molecular flexibility index (Phi) is 4.92. The van der Waals surface area contributed by atoms with Crippen molar-refractivity contribution in [3.63, 3.8) is 0 Å². The van der Waals surface area contributed by atoms with Gasteiger partial charge in [0.1, 0.15) is 5.75 Å². The molecule has 0 aliphatic carbocycles. The Morgan fingerprint density at radius 1 is 0.792 bits per heavy atom. The molecule has 3 aromatic rings. The van der Waals surface area contributed by atoms with Crippen LogP contribution in [0.5, 0.6) is 17.2 Å². The lowest BCUT2D eigenvalue weighted by Crippen LogP contribution is -1.89. The van der Waals surface area contributed by atoms with E-state index in [0.717, 1.165) is 17.0 Å². The van der Waals surface area contributed by atoms with Crippen molar-refractivity contribution in [2.45, 2.75) is 6.92 Å². The van der Waals surface area contributed by atoms with E-state index in [1.54, 1.807) is 7.11 Å². The summed E-state index contributed by atoms with van der Waals surface area (Å²) in [5.74, 6) is 2.14. The molecule has 0 saturated heterocycles. The van der Waals surface area contributed by atoms with Gasteiger partial charge < -0.3 is 9.47 Å². The number of hydrogen-bond acceptors (Lipinski definition) is 3. The van der Waals surface area contributed by atoms with Crippen molar-refractivity contribution in [2.24, 2.45) is 4.99 Å². The van der Waals surface area contributed by atoms with Crippen molar-refractivity contribution >= 4 is 11.9 Å². The Labute approximate surface area is 142 Å². The number of nitrogens with zero attached hydrogens (tertiary/aromatic N) is 1. The average molecular weight is 317 g/mol. The molecule has 0 aliphatic heterocycles. The summed E-state index contributed by atoms with van der Waals surface area (Å²) in [6.07, 6.45) is 1.86. The summed E-state index contributed by atoms with van der Waals surface area (Å²) in [6.45, 7) is 2.07. The van der Waals surface area contributed by atoms with Gasteiger partial charge in [-0.1, -0.05) is 42.0 Å². The van der Waals surface area contributed by atoms with Crippen molar-refractivity contribution in [1.29, 1.82) is 0 Å². The molecule has 0 amide bonds. The molecule has 3 nitrogen and oxygen atoms in total. The second-order valence-electron chi connectivity index (χ2n) is 5.42. The Hall–Kier alpha value is -3.07. The highest BCUT2D eigenvalue weighted by molar-refractivity contribution is 5.81. The lowest BCUT2D eigenvalue weighted by molar-refractivity contribution is 0.379. The van der Waals surface area contributed by atoms with E-state index in [4.69, 9.17) is 9.47 Å². The first-order valence-corrected chi connectivity index (χ1v) is 7.76. The molecule has 0 fully saturated rings. The molecular weight excluding hydrogens is 298 g/mol. The highest BCUT2D eigenvalue weighted by Gasteiger charge is 2.04. The lowest BCUT2D eigenvalue weighted by atomic mass is 10.2. The SMILES string of the molecule is COc1ccccc1Oc1ccc(N=Cc2ccc(C)cc2)cc1. The maximum absolute atomic E-state index is 5.85. The largest absolute Gasteiger partial charge is 0.493 e. The maximum atomic E-state index is 5.85. The van der Waals surface area contributed by atoms with Crippen molar-refractivity contribution in [2.75, 3.05) is 7.11 Å². The number of aliphatic imine (C=N–C) groups is 1. The van der Waals surface area contributed by atoms with Gasteiger partial charge in [0.25, 0.3) is 0 Å². The summed E-state index contributed by atoms with van der Waals surface area (Å²) in [6, 6.07) is 23.5. The summed E-state index contributed by atoms with van der Waals surface area (Å²) < 4.78 is 11.1. The number of para-hydroxylation sites is 2. The van der Waals surface area contributed by atoms with Crippen LogP contribution in [-0.2, 0) is 0 Å². The first-order chi connectivity index (χ1) is 11.7. The van der Waals surface area contributed by atoms with Crippen LogP contribution in [0, 0.1) is 6.92 Å². The number of ether oxygens (including phenoxy) is 2. The standard InChI is InChI=1S/C21H19NO2/c1-16-7-9-17(10-8-16)15-22-18-11-13-19(14-12-18)24-21-6-4-3-5-20(21)23-2/h3-15H,1-2H3. The predicted octanol–water partition coefficient (Wildman–Crippen LogP) is 5.55. The third kappa shape index (κ3) is 4.02. The lowest BCUT2D eigenvalue weighted by Gasteiger charge is -2.09. The zero-order chi connectivity index (χ0) is 16.8. The molecule has 120 valence electrons. The highest BCUT2D eigenvalue weighted by Crippen LogP contribution is 2.31. The molecule has 24 heavy (non-hydrogen) atoms. The molecule has 3 aromatic carbocycles. The summed E-state index contributed by atoms with van der Waals surface area (Å²) in [5, 5.41) is 0. The fourth-order valence-electron chi connectivity index (χ4n) is 2.23. The van der Waals surface area contributed by atoms with Crippen LogP contribution in [0.25, 0.3) is 0 Å². The van der Waals surface area contributed by atoms with Crippen molar-refractivity contribution in [1.82, 2.24) is 0 Å². The summed E-state index contributed by atoms with van der Waals surface area (Å²) in [4.78, 5) is 4.48. The molecule has 0 spiro atoms. The van der Waals surface area contributed by atoms with Gasteiger partial charge in [-0.15, -0.1) is 0 Å². The minimum atomic E-state index is 0.691. The van der Waals surface area contributed by atoms with Crippen LogP contribution in [0.4, 0.5) is 5.69 Å². The van der Waals surface area contributed by atoms with Gasteiger partial charge in [-0.2, -0.15) is 0 Å². The number of methoxy groups -OCH3 is 1. The van der Waals surface area contributed by atoms with Crippen LogP contribution in [0.2, 0.25) is 0 Å². The third-order valence-corrected chi connectivity index (χ3v) is 3.57. The van der Waals surface area contributed by atoms with E-state index in [2.05, 4.69) is 36.2 Å². The van der Waals surface area contributed by atoms with Crippen LogP contribution in [0.15, 0.2) is 77.8 Å². The summed E-state index contributed by atoms with van der Waals surface area (Å²) in [5.41, 5.74) is 3.20. The summed E-state index contributed by atoms with van der Waals surface area (Å²) >= 11 is 0. The van der Waals surface area contributed by atoms with Crippen molar-refractivity contribution in [3.05, 3.63) is 83.9 Å². The van der Waals surface area contributed by atoms with Gasteiger partial charge in [-0.25, -0.2) is 0 Å². The van der Waals surface area contributed by atoms with E-state index in [-0.39, 0.29) is 0 Å². The molecule has 0 aliphatic rings. The molecular formula is C21H19NO2. The fraction of sp³-hybridized carbons (Fsp3) is 0.0952. The topological polar surface area (TPSA) is 30.8 Å². The smallest absolute Gasteiger partial charge is 0.169 e. The van der Waals surface area contributed by atoms with Crippen LogP contribution in [-0.4, -0.2) is 13.3 Å². The monoisotopic (exact) mass is 317 g/mol. The molecule has 0 N–H and O–H groups in total. The quantitative estimate of drug-likeness (QED) is 0.578. The zero-order valence-corrected chi connectivity index (χ0v) is 13.8. The highest BCUT2D eigenvalue weighted by atomic mass is 16.5. The Morgan fingerprint density at radius 3 is 2.12 bits per heavy atom. The predicted molar refractivity (Wildman–Crippen MR) is 97.9 cm³/mol. The van der Waals surface area contributed by atoms with Gasteiger partial charge in [0.15, 0.2) is 11.5 Å². The minimum Gasteiger partial charge on any atom is -0.493 e. The molecule has 0 unspecified atom stereocenters. The average Bonchev–Trinajstić information content (AvgIpc) is 2.63. The summed E-state index contributed by atoms with van der Waals surface area (Å²) in [7, 11) is 1.63. The van der Waals surface area contributed by atoms with E-state index < -0.39 is 0 Å². The molecule has 0 atom stereocenters. The van der Waals surface area contributed by atoms with E-state index in [0.29, 0.717) is 11.5 Å². The molecule has 0 saturated carbocycles. The molecule has 0 bridgehead atoms. The Morgan fingerprint density at radius 2 is 1.46 bits per heavy atom. The van der Waals surface area contributed by atoms with Gasteiger partial charge in [-0.3, -0.25) is 4.99 Å². The van der Waals surface area contributed by atoms with E-state index in [1.807, 2.05) is 54.7 Å². The number of hydrogen-bond donors (Lipinski definition) is 0. The van der Waals surface area contributed by atoms with Crippen LogP contribution >= 0.6 is 0 Å². The normalized spacial score (nSPS) is 10.8. The van der Waals surface area contributed by atoms with Gasteiger partial charge in [0.05, 0.1) is 12.8 Å². The second kappa shape index (κ2) is 7.47. The molecule has 3 heteroatoms. The first kappa shape index (κ1) is 15.8. The number of rotatable bonds is 5. The van der Waals surface area contributed by atoms with Crippen LogP contribution in [0.1, 0.15) is 11.1 Å². The third-order valence-electron chi connectivity index (χ3n) is 3.57. The first-order valence-electron chi connectivity index (χ1n) is 7.76. The molecule has 0 heterocycles. The Bertz CT molecular complexity index is 821. The van der Waals surface area contributed by atoms with Crippen molar-refractivity contribution < 1.29 is 9.47 Å². The maximum Gasteiger partial charge on any atom is 0.169 e. The zero-order valence-electron chi connectivity index (χ0n) is 13.8. The van der Waals surface area contributed by atoms with Crippen LogP contribution < -0.4 is 9.47 Å². The molecule has 0 aromatic heterocycles. The van der Waals surface area contributed by atoms with E-state index >= 15 is 0 Å².